The second-order valence-corrected chi connectivity index (χ2v) is 7.01. The number of hydrogen-bond donors (Lipinski definition) is 2. The molecule has 2 heterocycles. The lowest BCUT2D eigenvalue weighted by Crippen LogP contribution is -2.56. The predicted octanol–water partition coefficient (Wildman–Crippen LogP) is 0.302. The quantitative estimate of drug-likeness (QED) is 0.775. The topological polar surface area (TPSA) is 114 Å². The van der Waals surface area contributed by atoms with Crippen molar-refractivity contribution in [2.75, 3.05) is 13.1 Å². The average Bonchev–Trinajstić information content (AvgIpc) is 2.39. The molecule has 9 heteroatoms. The standard InChI is InChI=1S/C11H14ClN3O4S/c12-9-2-1-8(7-14-9)20(18,19)15-5-3-11(13,4-6-15)10(16)17/h1-2,7H,3-6,13H2,(H,16,17). The van der Waals surface area contributed by atoms with Gasteiger partial charge in [0.25, 0.3) is 0 Å². The van der Waals surface area contributed by atoms with Gasteiger partial charge in [-0.3, -0.25) is 4.79 Å². The second kappa shape index (κ2) is 5.28. The number of halogens is 1. The highest BCUT2D eigenvalue weighted by atomic mass is 35.5. The third-order valence-corrected chi connectivity index (χ3v) is 5.48. The Labute approximate surface area is 121 Å². The van der Waals surface area contributed by atoms with Gasteiger partial charge in [0.1, 0.15) is 15.6 Å². The van der Waals surface area contributed by atoms with Gasteiger partial charge in [-0.25, -0.2) is 13.4 Å². The maximum atomic E-state index is 12.3. The van der Waals surface area contributed by atoms with E-state index in [9.17, 15) is 13.2 Å². The normalized spacial score (nSPS) is 19.7. The summed E-state index contributed by atoms with van der Waals surface area (Å²) in [7, 11) is -3.69. The van der Waals surface area contributed by atoms with E-state index in [0.717, 1.165) is 0 Å². The van der Waals surface area contributed by atoms with E-state index in [-0.39, 0.29) is 36.0 Å². The molecule has 1 saturated heterocycles. The molecular formula is C11H14ClN3O4S. The molecule has 1 aromatic rings. The average molecular weight is 320 g/mol. The van der Waals surface area contributed by atoms with Crippen LogP contribution >= 0.6 is 11.6 Å². The number of rotatable bonds is 3. The summed E-state index contributed by atoms with van der Waals surface area (Å²) in [6.45, 7) is 0.127. The first-order chi connectivity index (χ1) is 9.25. The summed E-state index contributed by atoms with van der Waals surface area (Å²) in [5.74, 6) is -1.11. The van der Waals surface area contributed by atoms with Crippen molar-refractivity contribution in [3.05, 3.63) is 23.5 Å². The summed E-state index contributed by atoms with van der Waals surface area (Å²) in [5.41, 5.74) is 4.36. The Morgan fingerprint density at radius 1 is 1.40 bits per heavy atom. The molecule has 1 fully saturated rings. The van der Waals surface area contributed by atoms with Crippen LogP contribution in [0, 0.1) is 0 Å². The Hall–Kier alpha value is -1.22. The molecule has 20 heavy (non-hydrogen) atoms. The van der Waals surface area contributed by atoms with Crippen LogP contribution in [-0.4, -0.2) is 47.4 Å². The van der Waals surface area contributed by atoms with Gasteiger partial charge in [0, 0.05) is 19.3 Å². The van der Waals surface area contributed by atoms with E-state index in [4.69, 9.17) is 22.4 Å². The monoisotopic (exact) mass is 319 g/mol. The minimum absolute atomic E-state index is 0.0294. The van der Waals surface area contributed by atoms with Crippen LogP contribution in [0.1, 0.15) is 12.8 Å². The van der Waals surface area contributed by atoms with Crippen LogP contribution in [0.3, 0.4) is 0 Å². The molecule has 0 unspecified atom stereocenters. The molecule has 0 spiro atoms. The van der Waals surface area contributed by atoms with Crippen LogP contribution in [-0.2, 0) is 14.8 Å². The van der Waals surface area contributed by atoms with Gasteiger partial charge in [-0.05, 0) is 25.0 Å². The second-order valence-electron chi connectivity index (χ2n) is 4.68. The number of piperidine rings is 1. The SMILES string of the molecule is NC1(C(=O)O)CCN(S(=O)(=O)c2ccc(Cl)nc2)CC1. The van der Waals surface area contributed by atoms with Crippen molar-refractivity contribution in [3.8, 4) is 0 Å². The van der Waals surface area contributed by atoms with E-state index in [1.54, 1.807) is 0 Å². The maximum Gasteiger partial charge on any atom is 0.323 e. The number of carboxylic acids is 1. The highest BCUT2D eigenvalue weighted by molar-refractivity contribution is 7.89. The van der Waals surface area contributed by atoms with Crippen molar-refractivity contribution in [1.29, 1.82) is 0 Å². The molecule has 2 rings (SSSR count). The summed E-state index contributed by atoms with van der Waals surface area (Å²) in [5, 5.41) is 9.22. The maximum absolute atomic E-state index is 12.3. The van der Waals surface area contributed by atoms with Gasteiger partial charge in [-0.2, -0.15) is 4.31 Å². The van der Waals surface area contributed by atoms with Crippen molar-refractivity contribution < 1.29 is 18.3 Å². The smallest absolute Gasteiger partial charge is 0.323 e. The van der Waals surface area contributed by atoms with Gasteiger partial charge < -0.3 is 10.8 Å². The van der Waals surface area contributed by atoms with Crippen molar-refractivity contribution in [1.82, 2.24) is 9.29 Å². The zero-order chi connectivity index (χ0) is 15.0. The van der Waals surface area contributed by atoms with E-state index >= 15 is 0 Å². The van der Waals surface area contributed by atoms with E-state index in [1.807, 2.05) is 0 Å². The molecule has 7 nitrogen and oxygen atoms in total. The zero-order valence-corrected chi connectivity index (χ0v) is 12.1. The Morgan fingerprint density at radius 2 is 2.00 bits per heavy atom. The molecule has 0 amide bonds. The first-order valence-electron chi connectivity index (χ1n) is 5.90. The summed E-state index contributed by atoms with van der Waals surface area (Å²) >= 11 is 5.62. The first kappa shape index (κ1) is 15.2. The van der Waals surface area contributed by atoms with Crippen LogP contribution in [0.4, 0.5) is 0 Å². The van der Waals surface area contributed by atoms with Crippen LogP contribution in [0.25, 0.3) is 0 Å². The van der Waals surface area contributed by atoms with Crippen molar-refractivity contribution >= 4 is 27.6 Å². The van der Waals surface area contributed by atoms with E-state index < -0.39 is 21.5 Å². The minimum atomic E-state index is -3.69. The van der Waals surface area contributed by atoms with Crippen LogP contribution < -0.4 is 5.73 Å². The molecule has 3 N–H and O–H groups in total. The Morgan fingerprint density at radius 3 is 2.45 bits per heavy atom. The number of carboxylic acid groups (broad SMARTS) is 1. The van der Waals surface area contributed by atoms with Gasteiger partial charge in [-0.1, -0.05) is 11.6 Å². The van der Waals surface area contributed by atoms with E-state index in [0.29, 0.717) is 0 Å². The van der Waals surface area contributed by atoms with Crippen molar-refractivity contribution in [2.24, 2.45) is 5.73 Å². The molecule has 0 bridgehead atoms. The first-order valence-corrected chi connectivity index (χ1v) is 7.71. The molecule has 0 saturated carbocycles. The molecule has 0 aliphatic carbocycles. The molecular weight excluding hydrogens is 306 g/mol. The highest BCUT2D eigenvalue weighted by Gasteiger charge is 2.41. The van der Waals surface area contributed by atoms with Gasteiger partial charge in [-0.15, -0.1) is 0 Å². The van der Waals surface area contributed by atoms with Crippen LogP contribution in [0.5, 0.6) is 0 Å². The van der Waals surface area contributed by atoms with E-state index in [2.05, 4.69) is 4.98 Å². The summed E-state index contributed by atoms with van der Waals surface area (Å²) < 4.78 is 25.9. The zero-order valence-electron chi connectivity index (χ0n) is 10.5. The van der Waals surface area contributed by atoms with Gasteiger partial charge in [0.05, 0.1) is 0 Å². The summed E-state index contributed by atoms with van der Waals surface area (Å²) in [6.07, 6.45) is 1.32. The Balaban J connectivity index is 2.17. The largest absolute Gasteiger partial charge is 0.480 e. The van der Waals surface area contributed by atoms with Gasteiger partial charge >= 0.3 is 5.97 Å². The number of aromatic nitrogens is 1. The van der Waals surface area contributed by atoms with Gasteiger partial charge in [0.15, 0.2) is 0 Å². The molecule has 0 radical (unpaired) electrons. The number of carbonyl (C=O) groups is 1. The summed E-state index contributed by atoms with van der Waals surface area (Å²) in [6, 6.07) is 2.76. The van der Waals surface area contributed by atoms with Gasteiger partial charge in [0.2, 0.25) is 10.0 Å². The van der Waals surface area contributed by atoms with Crippen LogP contribution in [0.2, 0.25) is 5.15 Å². The van der Waals surface area contributed by atoms with Crippen LogP contribution in [0.15, 0.2) is 23.2 Å². The number of pyridine rings is 1. The molecule has 1 aromatic heterocycles. The lowest BCUT2D eigenvalue weighted by atomic mass is 9.90. The molecule has 0 aromatic carbocycles. The fraction of sp³-hybridized carbons (Fsp3) is 0.455. The number of sulfonamides is 1. The lowest BCUT2D eigenvalue weighted by Gasteiger charge is -2.35. The predicted molar refractivity (Wildman–Crippen MR) is 71.8 cm³/mol. The Bertz CT molecular complexity index is 609. The third kappa shape index (κ3) is 2.78. The minimum Gasteiger partial charge on any atom is -0.480 e. The fourth-order valence-electron chi connectivity index (χ4n) is 2.00. The Kier molecular flexibility index (Phi) is 4.01. The molecule has 110 valence electrons. The lowest BCUT2D eigenvalue weighted by molar-refractivity contribution is -0.144. The number of nitrogens with zero attached hydrogens (tertiary/aromatic N) is 2. The molecule has 0 atom stereocenters. The third-order valence-electron chi connectivity index (χ3n) is 3.38. The number of hydrogen-bond acceptors (Lipinski definition) is 5. The highest BCUT2D eigenvalue weighted by Crippen LogP contribution is 2.25. The van der Waals surface area contributed by atoms with Crippen molar-refractivity contribution in [2.45, 2.75) is 23.3 Å². The number of aliphatic carboxylic acids is 1. The number of nitrogens with two attached hydrogens (primary N) is 1. The molecule has 1 aliphatic heterocycles. The van der Waals surface area contributed by atoms with E-state index in [1.165, 1.54) is 22.6 Å². The summed E-state index contributed by atoms with van der Waals surface area (Å²) in [4.78, 5) is 14.8. The van der Waals surface area contributed by atoms with Crippen molar-refractivity contribution in [3.63, 3.8) is 0 Å². The fourth-order valence-corrected chi connectivity index (χ4v) is 3.50. The molecule has 1 aliphatic rings.